The Labute approximate surface area is 159 Å². The third-order valence-electron chi connectivity index (χ3n) is 5.31. The number of piperidine rings is 1. The molecule has 6 nitrogen and oxygen atoms in total. The van der Waals surface area contributed by atoms with E-state index in [1.165, 1.54) is 0 Å². The molecule has 2 aliphatic heterocycles. The van der Waals surface area contributed by atoms with Gasteiger partial charge in [0.2, 0.25) is 0 Å². The van der Waals surface area contributed by atoms with Gasteiger partial charge in [-0.05, 0) is 44.0 Å². The second-order valence-corrected chi connectivity index (χ2v) is 7.05. The van der Waals surface area contributed by atoms with Crippen LogP contribution in [-0.2, 0) is 0 Å². The number of urea groups is 1. The van der Waals surface area contributed by atoms with Gasteiger partial charge in [-0.2, -0.15) is 0 Å². The van der Waals surface area contributed by atoms with Gasteiger partial charge in [-0.25, -0.2) is 4.79 Å². The van der Waals surface area contributed by atoms with Gasteiger partial charge in [0, 0.05) is 37.3 Å². The average Bonchev–Trinajstić information content (AvgIpc) is 2.95. The maximum absolute atomic E-state index is 13.0. The minimum absolute atomic E-state index is 0.0444. The summed E-state index contributed by atoms with van der Waals surface area (Å²) in [4.78, 5) is 19.0. The topological polar surface area (TPSA) is 63.7 Å². The van der Waals surface area contributed by atoms with Crippen molar-refractivity contribution in [3.63, 3.8) is 0 Å². The number of carbonyl (C=O) groups excluding carboxylic acids is 1. The fourth-order valence-electron chi connectivity index (χ4n) is 4.20. The number of para-hydroxylation sites is 2. The lowest BCUT2D eigenvalue weighted by Gasteiger charge is -2.38. The van der Waals surface area contributed by atoms with E-state index in [4.69, 9.17) is 9.47 Å². The van der Waals surface area contributed by atoms with Crippen molar-refractivity contribution in [1.82, 2.24) is 9.88 Å². The molecule has 27 heavy (non-hydrogen) atoms. The molecule has 3 heterocycles. The van der Waals surface area contributed by atoms with E-state index in [0.717, 1.165) is 37.1 Å². The number of hydrogen-bond donors (Lipinski definition) is 1. The highest BCUT2D eigenvalue weighted by Crippen LogP contribution is 2.38. The lowest BCUT2D eigenvalue weighted by atomic mass is 10.00. The third-order valence-corrected chi connectivity index (χ3v) is 5.31. The molecule has 2 aliphatic rings. The highest BCUT2D eigenvalue weighted by molar-refractivity contribution is 5.91. The summed E-state index contributed by atoms with van der Waals surface area (Å²) in [6.45, 7) is 2.50. The minimum Gasteiger partial charge on any atom is -0.492 e. The number of pyridine rings is 1. The Morgan fingerprint density at radius 3 is 2.56 bits per heavy atom. The number of nitrogens with zero attached hydrogens (tertiary/aromatic N) is 2. The monoisotopic (exact) mass is 367 g/mol. The zero-order chi connectivity index (χ0) is 18.6. The van der Waals surface area contributed by atoms with Gasteiger partial charge in [0.25, 0.3) is 0 Å². The van der Waals surface area contributed by atoms with Crippen molar-refractivity contribution in [3.8, 4) is 11.5 Å². The van der Waals surface area contributed by atoms with Crippen LogP contribution in [0.1, 0.15) is 32.6 Å². The molecule has 0 spiro atoms. The van der Waals surface area contributed by atoms with Crippen LogP contribution in [0.2, 0.25) is 0 Å². The summed E-state index contributed by atoms with van der Waals surface area (Å²) in [6, 6.07) is 11.7. The van der Waals surface area contributed by atoms with E-state index in [9.17, 15) is 4.79 Å². The SMILES string of the molecule is CCOc1ccccc1NC(=O)N1C2CCC1CC(Oc1ccncc1)C2. The van der Waals surface area contributed by atoms with Gasteiger partial charge in [0.1, 0.15) is 17.6 Å². The lowest BCUT2D eigenvalue weighted by molar-refractivity contribution is 0.0732. The highest BCUT2D eigenvalue weighted by Gasteiger charge is 2.44. The van der Waals surface area contributed by atoms with Crippen molar-refractivity contribution in [1.29, 1.82) is 0 Å². The predicted octanol–water partition coefficient (Wildman–Crippen LogP) is 4.09. The molecule has 2 bridgehead atoms. The molecule has 1 aromatic heterocycles. The van der Waals surface area contributed by atoms with Gasteiger partial charge in [-0.3, -0.25) is 4.98 Å². The molecule has 0 saturated carbocycles. The van der Waals surface area contributed by atoms with Crippen molar-refractivity contribution in [2.75, 3.05) is 11.9 Å². The first-order valence-electron chi connectivity index (χ1n) is 9.62. The van der Waals surface area contributed by atoms with E-state index >= 15 is 0 Å². The van der Waals surface area contributed by atoms with Gasteiger partial charge in [-0.15, -0.1) is 0 Å². The van der Waals surface area contributed by atoms with Crippen molar-refractivity contribution >= 4 is 11.7 Å². The van der Waals surface area contributed by atoms with E-state index in [0.29, 0.717) is 12.4 Å². The molecule has 2 aromatic rings. The lowest BCUT2D eigenvalue weighted by Crippen LogP contribution is -2.50. The van der Waals surface area contributed by atoms with Crippen LogP contribution >= 0.6 is 0 Å². The maximum Gasteiger partial charge on any atom is 0.322 e. The van der Waals surface area contributed by atoms with E-state index < -0.39 is 0 Å². The Hall–Kier alpha value is -2.76. The van der Waals surface area contributed by atoms with E-state index in [-0.39, 0.29) is 24.2 Å². The number of carbonyl (C=O) groups is 1. The van der Waals surface area contributed by atoms with Gasteiger partial charge < -0.3 is 19.7 Å². The summed E-state index contributed by atoms with van der Waals surface area (Å²) in [5, 5.41) is 3.04. The molecular weight excluding hydrogens is 342 g/mol. The number of benzene rings is 1. The number of nitrogens with one attached hydrogen (secondary N) is 1. The quantitative estimate of drug-likeness (QED) is 0.865. The van der Waals surface area contributed by atoms with Crippen molar-refractivity contribution < 1.29 is 14.3 Å². The highest BCUT2D eigenvalue weighted by atomic mass is 16.5. The van der Waals surface area contributed by atoms with E-state index in [1.807, 2.05) is 48.2 Å². The summed E-state index contributed by atoms with van der Waals surface area (Å²) in [6.07, 6.45) is 7.40. The zero-order valence-corrected chi connectivity index (χ0v) is 15.5. The summed E-state index contributed by atoms with van der Waals surface area (Å²) >= 11 is 0. The molecule has 1 aromatic carbocycles. The zero-order valence-electron chi connectivity index (χ0n) is 15.5. The number of rotatable bonds is 5. The van der Waals surface area contributed by atoms with Crippen molar-refractivity contribution in [3.05, 3.63) is 48.8 Å². The molecule has 6 heteroatoms. The van der Waals surface area contributed by atoms with E-state index in [2.05, 4.69) is 10.3 Å². The summed E-state index contributed by atoms with van der Waals surface area (Å²) in [7, 11) is 0. The Balaban J connectivity index is 1.41. The number of anilines is 1. The third kappa shape index (κ3) is 3.84. The van der Waals surface area contributed by atoms with Crippen LogP contribution in [0.3, 0.4) is 0 Å². The van der Waals surface area contributed by atoms with Gasteiger partial charge in [0.05, 0.1) is 12.3 Å². The number of fused-ring (bicyclic) bond motifs is 2. The van der Waals surface area contributed by atoms with Gasteiger partial charge >= 0.3 is 6.03 Å². The van der Waals surface area contributed by atoms with Crippen LogP contribution in [0.4, 0.5) is 10.5 Å². The number of amides is 2. The van der Waals surface area contributed by atoms with Crippen molar-refractivity contribution in [2.45, 2.75) is 50.8 Å². The Morgan fingerprint density at radius 1 is 1.15 bits per heavy atom. The van der Waals surface area contributed by atoms with Crippen molar-refractivity contribution in [2.24, 2.45) is 0 Å². The maximum atomic E-state index is 13.0. The fraction of sp³-hybridized carbons (Fsp3) is 0.429. The predicted molar refractivity (Wildman–Crippen MR) is 103 cm³/mol. The second-order valence-electron chi connectivity index (χ2n) is 7.05. The van der Waals surface area contributed by atoms with Gasteiger partial charge in [-0.1, -0.05) is 12.1 Å². The number of ether oxygens (including phenoxy) is 2. The molecular formula is C21H25N3O3. The molecule has 142 valence electrons. The Morgan fingerprint density at radius 2 is 1.85 bits per heavy atom. The number of hydrogen-bond acceptors (Lipinski definition) is 4. The standard InChI is InChI=1S/C21H25N3O3/c1-2-26-20-6-4-3-5-19(20)23-21(25)24-15-7-8-16(24)14-18(13-15)27-17-9-11-22-12-10-17/h3-6,9-12,15-16,18H,2,7-8,13-14H2,1H3,(H,23,25). The second kappa shape index (κ2) is 7.86. The van der Waals surface area contributed by atoms with E-state index in [1.54, 1.807) is 12.4 Å². The summed E-state index contributed by atoms with van der Waals surface area (Å²) < 4.78 is 11.7. The molecule has 2 saturated heterocycles. The van der Waals surface area contributed by atoms with Crippen LogP contribution in [0.25, 0.3) is 0 Å². The number of aromatic nitrogens is 1. The van der Waals surface area contributed by atoms with Crippen LogP contribution in [-0.4, -0.2) is 40.7 Å². The molecule has 4 rings (SSSR count). The molecule has 2 unspecified atom stereocenters. The molecule has 2 amide bonds. The Bertz CT molecular complexity index is 769. The first kappa shape index (κ1) is 17.6. The molecule has 0 radical (unpaired) electrons. The summed E-state index contributed by atoms with van der Waals surface area (Å²) in [5.41, 5.74) is 0.721. The van der Waals surface area contributed by atoms with Crippen LogP contribution in [0.5, 0.6) is 11.5 Å². The minimum atomic E-state index is -0.0444. The van der Waals surface area contributed by atoms with Gasteiger partial charge in [0.15, 0.2) is 0 Å². The smallest absolute Gasteiger partial charge is 0.322 e. The first-order valence-corrected chi connectivity index (χ1v) is 9.62. The first-order chi connectivity index (χ1) is 13.2. The molecule has 2 atom stereocenters. The Kier molecular flexibility index (Phi) is 5.14. The normalized spacial score (nSPS) is 23.7. The molecule has 0 aliphatic carbocycles. The van der Waals surface area contributed by atoms with Crippen LogP contribution in [0.15, 0.2) is 48.8 Å². The molecule has 2 fully saturated rings. The van der Waals surface area contributed by atoms with Crippen LogP contribution in [0, 0.1) is 0 Å². The average molecular weight is 367 g/mol. The fourth-order valence-corrected chi connectivity index (χ4v) is 4.20. The molecule has 1 N–H and O–H groups in total. The summed E-state index contributed by atoms with van der Waals surface area (Å²) in [5.74, 6) is 1.55. The largest absolute Gasteiger partial charge is 0.492 e. The van der Waals surface area contributed by atoms with Crippen LogP contribution < -0.4 is 14.8 Å².